The number of pyridine rings is 1. The molecule has 1 N–H and O–H groups in total. The highest BCUT2D eigenvalue weighted by atomic mass is 32.2. The summed E-state index contributed by atoms with van der Waals surface area (Å²) in [4.78, 5) is 19.6. The number of carboxylic acid groups (broad SMARTS) is 1. The summed E-state index contributed by atoms with van der Waals surface area (Å²) < 4.78 is 58.0. The van der Waals surface area contributed by atoms with E-state index in [2.05, 4.69) is 9.21 Å². The summed E-state index contributed by atoms with van der Waals surface area (Å²) in [5.74, 6) is -4.71. The molecular weight excluding hydrogens is 554 g/mol. The average Bonchev–Trinajstić information content (AvgIpc) is 3.66. The molecule has 0 bridgehead atoms. The molecule has 1 aromatic heterocycles. The molecule has 0 atom stereocenters. The van der Waals surface area contributed by atoms with Crippen molar-refractivity contribution in [1.29, 1.82) is 0 Å². The zero-order valence-corrected chi connectivity index (χ0v) is 23.8. The van der Waals surface area contributed by atoms with Crippen LogP contribution in [0.1, 0.15) is 46.0 Å². The van der Waals surface area contributed by atoms with Crippen molar-refractivity contribution in [3.8, 4) is 5.75 Å². The van der Waals surface area contributed by atoms with Crippen molar-refractivity contribution in [2.75, 3.05) is 31.6 Å². The summed E-state index contributed by atoms with van der Waals surface area (Å²) in [5.41, 5.74) is 0.155. The van der Waals surface area contributed by atoms with E-state index in [9.17, 15) is 27.5 Å². The molecule has 1 aliphatic heterocycles. The number of fused-ring (bicyclic) bond motifs is 1. The molecule has 2 aliphatic carbocycles. The van der Waals surface area contributed by atoms with Gasteiger partial charge in [0.15, 0.2) is 5.75 Å². The maximum Gasteiger partial charge on any atom is 0.313 e. The molecule has 0 unspecified atom stereocenters. The van der Waals surface area contributed by atoms with E-state index >= 15 is 0 Å². The monoisotopic (exact) mass is 587 g/mol. The molecular formula is C27H33F4N3O3S2. The number of benzene rings is 1. The van der Waals surface area contributed by atoms with Crippen LogP contribution in [0.4, 0.5) is 29.1 Å². The number of carboxylic acids is 1. The Kier molecular flexibility index (Phi) is 8.97. The van der Waals surface area contributed by atoms with E-state index in [1.807, 2.05) is 43.4 Å². The van der Waals surface area contributed by atoms with Gasteiger partial charge in [-0.1, -0.05) is 36.9 Å². The Morgan fingerprint density at radius 2 is 1.87 bits per heavy atom. The van der Waals surface area contributed by atoms with E-state index in [0.29, 0.717) is 23.6 Å². The van der Waals surface area contributed by atoms with Gasteiger partial charge in [-0.25, -0.2) is 26.9 Å². The predicted molar refractivity (Wildman–Crippen MR) is 146 cm³/mol. The molecule has 39 heavy (non-hydrogen) atoms. The smallest absolute Gasteiger partial charge is 0.313 e. The van der Waals surface area contributed by atoms with Crippen molar-refractivity contribution in [3.05, 3.63) is 36.4 Å². The van der Waals surface area contributed by atoms with E-state index < -0.39 is 23.2 Å². The minimum atomic E-state index is -2.62. The lowest BCUT2D eigenvalue weighted by molar-refractivity contribution is -0.144. The van der Waals surface area contributed by atoms with E-state index in [4.69, 9.17) is 9.72 Å². The van der Waals surface area contributed by atoms with Gasteiger partial charge in [-0.2, -0.15) is 0 Å². The Morgan fingerprint density at radius 3 is 2.41 bits per heavy atom. The zero-order chi connectivity index (χ0) is 28.4. The Bertz CT molecular complexity index is 1150. The van der Waals surface area contributed by atoms with Crippen LogP contribution in [-0.2, 0) is 4.79 Å². The Labute approximate surface area is 234 Å². The molecule has 2 aromatic rings. The number of alkyl halides is 4. The molecule has 2 saturated carbocycles. The largest absolute Gasteiger partial charge is 0.490 e. The van der Waals surface area contributed by atoms with Gasteiger partial charge in [0.1, 0.15) is 22.9 Å². The molecule has 2 heterocycles. The summed E-state index contributed by atoms with van der Waals surface area (Å²) in [5, 5.41) is 9.83. The number of ether oxygens (including phenoxy) is 1. The van der Waals surface area contributed by atoms with Gasteiger partial charge >= 0.3 is 5.97 Å². The van der Waals surface area contributed by atoms with Crippen molar-refractivity contribution in [2.24, 2.45) is 5.41 Å². The fraction of sp³-hybridized carbons (Fsp3) is 0.556. The van der Waals surface area contributed by atoms with Crippen molar-refractivity contribution in [1.82, 2.24) is 9.29 Å². The first-order valence-corrected chi connectivity index (χ1v) is 14.5. The lowest BCUT2D eigenvalue weighted by atomic mass is 9.94. The second-order valence-electron chi connectivity index (χ2n) is 10.3. The summed E-state index contributed by atoms with van der Waals surface area (Å²) in [6, 6.07) is 11.8. The Hall–Kier alpha value is -2.18. The minimum absolute atomic E-state index is 0.0556. The minimum Gasteiger partial charge on any atom is -0.490 e. The molecule has 5 rings (SSSR count). The number of aromatic nitrogens is 1. The number of hydrogen-bond acceptors (Lipinski definition) is 7. The van der Waals surface area contributed by atoms with Gasteiger partial charge in [0, 0.05) is 49.4 Å². The van der Waals surface area contributed by atoms with Crippen molar-refractivity contribution >= 4 is 41.2 Å². The number of aliphatic carboxylic acids is 1. The topological polar surface area (TPSA) is 65.9 Å². The molecule has 0 saturated heterocycles. The Morgan fingerprint density at radius 1 is 1.23 bits per heavy atom. The van der Waals surface area contributed by atoms with Crippen LogP contribution < -0.4 is 9.64 Å². The number of hydrogen-bond donors (Lipinski definition) is 1. The molecule has 214 valence electrons. The lowest BCUT2D eigenvalue weighted by Gasteiger charge is -2.34. The maximum absolute atomic E-state index is 13.5. The standard InChI is InChI=1S/C23H25F2N3O3S2.C4H8F2/c1-27-9-10-28(15-5-3-2-4-6-15)19-18(33-27)11-17(31-14-22(7-8-22)21(29)30)20(26-19)32-16-12-23(24,25)13-16;1-3-4(2,5)6/h2-6,11,16H,7-10,12-14H2,1H3,(H,29,30);3H2,1-2H3. The second kappa shape index (κ2) is 11.7. The molecule has 0 amide bonds. The maximum atomic E-state index is 13.5. The molecule has 3 aliphatic rings. The number of halogens is 4. The molecule has 1 aromatic carbocycles. The third kappa shape index (κ3) is 7.73. The van der Waals surface area contributed by atoms with E-state index in [1.54, 1.807) is 11.9 Å². The van der Waals surface area contributed by atoms with Crippen LogP contribution in [0.15, 0.2) is 46.3 Å². The number of nitrogens with zero attached hydrogens (tertiary/aromatic N) is 3. The van der Waals surface area contributed by atoms with Crippen molar-refractivity contribution < 1.29 is 32.2 Å². The van der Waals surface area contributed by atoms with Gasteiger partial charge < -0.3 is 14.7 Å². The van der Waals surface area contributed by atoms with Crippen molar-refractivity contribution in [2.45, 2.75) is 73.0 Å². The number of carbonyl (C=O) groups is 1. The average molecular weight is 588 g/mol. The predicted octanol–water partition coefficient (Wildman–Crippen LogP) is 7.36. The number of rotatable bonds is 8. The first-order valence-electron chi connectivity index (χ1n) is 12.9. The Balaban J connectivity index is 0.000000531. The van der Waals surface area contributed by atoms with Crippen LogP contribution in [0, 0.1) is 5.41 Å². The van der Waals surface area contributed by atoms with Gasteiger partial charge in [-0.05, 0) is 50.9 Å². The summed E-state index contributed by atoms with van der Waals surface area (Å²) >= 11 is 2.85. The van der Waals surface area contributed by atoms with Crippen LogP contribution >= 0.6 is 23.7 Å². The fourth-order valence-corrected chi connectivity index (χ4v) is 6.20. The number of para-hydroxylation sites is 1. The van der Waals surface area contributed by atoms with Crippen LogP contribution in [0.25, 0.3) is 0 Å². The number of thioether (sulfide) groups is 1. The van der Waals surface area contributed by atoms with Gasteiger partial charge in [0.05, 0.1) is 4.90 Å². The van der Waals surface area contributed by atoms with Crippen LogP contribution in [-0.4, -0.2) is 64.2 Å². The normalized spacial score (nSPS) is 20.1. The molecule has 2 fully saturated rings. The van der Waals surface area contributed by atoms with Crippen LogP contribution in [0.3, 0.4) is 0 Å². The second-order valence-corrected chi connectivity index (χ2v) is 12.9. The summed E-state index contributed by atoms with van der Waals surface area (Å²) in [6.45, 7) is 3.94. The highest BCUT2D eigenvalue weighted by Crippen LogP contribution is 2.51. The highest BCUT2D eigenvalue weighted by Gasteiger charge is 2.51. The number of likely N-dealkylation sites (N-methyl/N-ethyl adjacent to an activating group) is 1. The van der Waals surface area contributed by atoms with E-state index in [-0.39, 0.29) is 31.1 Å². The highest BCUT2D eigenvalue weighted by molar-refractivity contribution is 8.00. The third-order valence-electron chi connectivity index (χ3n) is 6.88. The molecule has 0 radical (unpaired) electrons. The SMILES string of the molecule is CCC(C)(F)F.CN1CCN(c2ccccc2)c2nc(SC3CC(F)(F)C3)c(OCC3(C(=O)O)CC3)cc2S1. The van der Waals surface area contributed by atoms with E-state index in [1.165, 1.54) is 18.7 Å². The van der Waals surface area contributed by atoms with Gasteiger partial charge in [0.25, 0.3) is 0 Å². The van der Waals surface area contributed by atoms with Crippen molar-refractivity contribution in [3.63, 3.8) is 0 Å². The molecule has 0 spiro atoms. The third-order valence-corrected chi connectivity index (χ3v) is 9.05. The lowest BCUT2D eigenvalue weighted by Crippen LogP contribution is -2.37. The number of anilines is 2. The zero-order valence-electron chi connectivity index (χ0n) is 22.1. The van der Waals surface area contributed by atoms with Crippen LogP contribution in [0.5, 0.6) is 5.75 Å². The fourth-order valence-electron chi connectivity index (χ4n) is 3.95. The van der Waals surface area contributed by atoms with Crippen LogP contribution in [0.2, 0.25) is 0 Å². The quantitative estimate of drug-likeness (QED) is 0.254. The van der Waals surface area contributed by atoms with E-state index in [0.717, 1.165) is 36.4 Å². The molecule has 12 heteroatoms. The first-order chi connectivity index (χ1) is 18.3. The first kappa shape index (κ1) is 29.8. The van der Waals surface area contributed by atoms with Gasteiger partial charge in [-0.3, -0.25) is 4.79 Å². The molecule has 6 nitrogen and oxygen atoms in total. The summed E-state index contributed by atoms with van der Waals surface area (Å²) in [7, 11) is 2.01. The summed E-state index contributed by atoms with van der Waals surface area (Å²) in [6.07, 6.45) is 0.727. The van der Waals surface area contributed by atoms with Gasteiger partial charge in [0.2, 0.25) is 11.8 Å². The van der Waals surface area contributed by atoms with Gasteiger partial charge in [-0.15, -0.1) is 0 Å².